The van der Waals surface area contributed by atoms with Gasteiger partial charge in [-0.1, -0.05) is 42.7 Å². The molecule has 1 aromatic heterocycles. The summed E-state index contributed by atoms with van der Waals surface area (Å²) in [5.74, 6) is 1.17. The first-order chi connectivity index (χ1) is 8.09. The van der Waals surface area contributed by atoms with E-state index in [1.165, 1.54) is 0 Å². The fraction of sp³-hybridized carbons (Fsp3) is 0.333. The van der Waals surface area contributed by atoms with E-state index in [1.807, 2.05) is 32.0 Å². The van der Waals surface area contributed by atoms with Crippen LogP contribution < -0.4 is 5.73 Å². The molecular formula is C12H14ClN3O. The largest absolute Gasteiger partial charge is 0.334 e. The number of hydrogen-bond donors (Lipinski definition) is 1. The van der Waals surface area contributed by atoms with Gasteiger partial charge in [0.05, 0.1) is 16.6 Å². The lowest BCUT2D eigenvalue weighted by Gasteiger charge is -2.09. The zero-order valence-electron chi connectivity index (χ0n) is 9.72. The van der Waals surface area contributed by atoms with Crippen LogP contribution in [0.25, 0.3) is 11.5 Å². The Labute approximate surface area is 105 Å². The minimum Gasteiger partial charge on any atom is -0.334 e. The van der Waals surface area contributed by atoms with Gasteiger partial charge in [0.2, 0.25) is 0 Å². The predicted octanol–water partition coefficient (Wildman–Crippen LogP) is 3.05. The van der Waals surface area contributed by atoms with Crippen LogP contribution in [0.5, 0.6) is 0 Å². The molecule has 1 atom stereocenters. The highest BCUT2D eigenvalue weighted by atomic mass is 35.5. The van der Waals surface area contributed by atoms with Crippen molar-refractivity contribution < 1.29 is 4.52 Å². The zero-order chi connectivity index (χ0) is 12.4. The second-order valence-electron chi connectivity index (χ2n) is 4.21. The summed E-state index contributed by atoms with van der Waals surface area (Å²) in [6.07, 6.45) is 0. The number of hydrogen-bond acceptors (Lipinski definition) is 4. The van der Waals surface area contributed by atoms with Crippen molar-refractivity contribution in [2.75, 3.05) is 0 Å². The molecule has 0 aliphatic rings. The van der Waals surface area contributed by atoms with E-state index in [1.54, 1.807) is 6.07 Å². The van der Waals surface area contributed by atoms with Gasteiger partial charge in [0, 0.05) is 0 Å². The van der Waals surface area contributed by atoms with Gasteiger partial charge in [0.15, 0.2) is 5.82 Å². The van der Waals surface area contributed by atoms with Gasteiger partial charge in [-0.05, 0) is 18.1 Å². The number of nitrogens with zero attached hydrogens (tertiary/aromatic N) is 2. The van der Waals surface area contributed by atoms with Gasteiger partial charge in [0.25, 0.3) is 5.89 Å². The van der Waals surface area contributed by atoms with E-state index in [4.69, 9.17) is 21.9 Å². The molecule has 2 N–H and O–H groups in total. The average Bonchev–Trinajstić information content (AvgIpc) is 2.77. The van der Waals surface area contributed by atoms with E-state index in [2.05, 4.69) is 10.1 Å². The minimum atomic E-state index is -0.227. The van der Waals surface area contributed by atoms with Crippen molar-refractivity contribution in [3.63, 3.8) is 0 Å². The Morgan fingerprint density at radius 3 is 2.65 bits per heavy atom. The summed E-state index contributed by atoms with van der Waals surface area (Å²) in [6, 6.07) is 7.11. The van der Waals surface area contributed by atoms with Crippen LogP contribution in [-0.4, -0.2) is 10.1 Å². The quantitative estimate of drug-likeness (QED) is 0.911. The van der Waals surface area contributed by atoms with Gasteiger partial charge in [-0.3, -0.25) is 0 Å². The van der Waals surface area contributed by atoms with E-state index < -0.39 is 0 Å². The van der Waals surface area contributed by atoms with Gasteiger partial charge in [0.1, 0.15) is 0 Å². The van der Waals surface area contributed by atoms with Crippen molar-refractivity contribution in [2.45, 2.75) is 19.9 Å². The Morgan fingerprint density at radius 1 is 1.29 bits per heavy atom. The molecule has 0 saturated carbocycles. The average molecular weight is 252 g/mol. The summed E-state index contributed by atoms with van der Waals surface area (Å²) in [5, 5.41) is 4.47. The zero-order valence-corrected chi connectivity index (χ0v) is 10.5. The van der Waals surface area contributed by atoms with E-state index in [0.29, 0.717) is 16.7 Å². The Morgan fingerprint density at radius 2 is 2.00 bits per heavy atom. The topological polar surface area (TPSA) is 64.9 Å². The van der Waals surface area contributed by atoms with Crippen molar-refractivity contribution in [1.82, 2.24) is 10.1 Å². The molecule has 1 aromatic carbocycles. The standard InChI is InChI=1S/C12H14ClN3O/c1-7(2)10(14)11-15-12(17-16-11)8-5-3-4-6-9(8)13/h3-7,10H,14H2,1-2H3. The van der Waals surface area contributed by atoms with Crippen LogP contribution in [0.4, 0.5) is 0 Å². The van der Waals surface area contributed by atoms with Crippen molar-refractivity contribution >= 4 is 11.6 Å². The molecule has 5 heteroatoms. The van der Waals surface area contributed by atoms with Crippen molar-refractivity contribution in [2.24, 2.45) is 11.7 Å². The molecule has 0 aliphatic carbocycles. The number of rotatable bonds is 3. The molecule has 2 rings (SSSR count). The first-order valence-corrected chi connectivity index (χ1v) is 5.81. The summed E-state index contributed by atoms with van der Waals surface area (Å²) in [5.41, 5.74) is 6.68. The van der Waals surface area contributed by atoms with Crippen LogP contribution in [0, 0.1) is 5.92 Å². The van der Waals surface area contributed by atoms with Gasteiger partial charge in [-0.15, -0.1) is 0 Å². The molecule has 0 spiro atoms. The van der Waals surface area contributed by atoms with Crippen LogP contribution >= 0.6 is 11.6 Å². The second kappa shape index (κ2) is 4.85. The highest BCUT2D eigenvalue weighted by Crippen LogP contribution is 2.27. The van der Waals surface area contributed by atoms with E-state index in [0.717, 1.165) is 5.56 Å². The Bertz CT molecular complexity index is 510. The monoisotopic (exact) mass is 251 g/mol. The first-order valence-electron chi connectivity index (χ1n) is 5.43. The highest BCUT2D eigenvalue weighted by Gasteiger charge is 2.18. The fourth-order valence-corrected chi connectivity index (χ4v) is 1.63. The first kappa shape index (κ1) is 12.1. The molecule has 0 saturated heterocycles. The van der Waals surface area contributed by atoms with E-state index >= 15 is 0 Å². The molecule has 4 nitrogen and oxygen atoms in total. The molecule has 17 heavy (non-hydrogen) atoms. The second-order valence-corrected chi connectivity index (χ2v) is 4.61. The summed E-state index contributed by atoms with van der Waals surface area (Å²) >= 11 is 6.05. The van der Waals surface area contributed by atoms with Crippen molar-refractivity contribution in [1.29, 1.82) is 0 Å². The number of aromatic nitrogens is 2. The van der Waals surface area contributed by atoms with Gasteiger partial charge in [-0.25, -0.2) is 0 Å². The number of nitrogens with two attached hydrogens (primary N) is 1. The van der Waals surface area contributed by atoms with E-state index in [9.17, 15) is 0 Å². The third-order valence-corrected chi connectivity index (χ3v) is 2.89. The van der Waals surface area contributed by atoms with Crippen LogP contribution in [0.3, 0.4) is 0 Å². The normalized spacial score (nSPS) is 13.0. The SMILES string of the molecule is CC(C)C(N)c1noc(-c2ccccc2Cl)n1. The molecule has 0 bridgehead atoms. The van der Waals surface area contributed by atoms with E-state index in [-0.39, 0.29) is 12.0 Å². The number of halogens is 1. The lowest BCUT2D eigenvalue weighted by atomic mass is 10.1. The van der Waals surface area contributed by atoms with Gasteiger partial charge < -0.3 is 10.3 Å². The molecule has 0 fully saturated rings. The maximum atomic E-state index is 6.05. The fourth-order valence-electron chi connectivity index (χ4n) is 1.41. The maximum absolute atomic E-state index is 6.05. The van der Waals surface area contributed by atoms with Crippen molar-refractivity contribution in [3.05, 3.63) is 35.1 Å². The molecular weight excluding hydrogens is 238 g/mol. The summed E-state index contributed by atoms with van der Waals surface area (Å²) in [7, 11) is 0. The third kappa shape index (κ3) is 2.48. The van der Waals surface area contributed by atoms with Crippen LogP contribution in [0.15, 0.2) is 28.8 Å². The molecule has 0 radical (unpaired) electrons. The summed E-state index contributed by atoms with van der Waals surface area (Å²) < 4.78 is 5.18. The minimum absolute atomic E-state index is 0.227. The lowest BCUT2D eigenvalue weighted by Crippen LogP contribution is -2.18. The highest BCUT2D eigenvalue weighted by molar-refractivity contribution is 6.33. The summed E-state index contributed by atoms with van der Waals surface area (Å²) in [6.45, 7) is 4.02. The molecule has 90 valence electrons. The van der Waals surface area contributed by atoms with Gasteiger partial charge >= 0.3 is 0 Å². The molecule has 0 aliphatic heterocycles. The molecule has 2 aromatic rings. The third-order valence-electron chi connectivity index (χ3n) is 2.56. The van der Waals surface area contributed by atoms with Crippen LogP contribution in [0.1, 0.15) is 25.7 Å². The molecule has 0 amide bonds. The van der Waals surface area contributed by atoms with Crippen LogP contribution in [-0.2, 0) is 0 Å². The predicted molar refractivity (Wildman–Crippen MR) is 66.5 cm³/mol. The smallest absolute Gasteiger partial charge is 0.259 e. The Hall–Kier alpha value is -1.39. The van der Waals surface area contributed by atoms with Crippen molar-refractivity contribution in [3.8, 4) is 11.5 Å². The van der Waals surface area contributed by atoms with Crippen LogP contribution in [0.2, 0.25) is 5.02 Å². The molecule has 1 heterocycles. The lowest BCUT2D eigenvalue weighted by molar-refractivity contribution is 0.400. The maximum Gasteiger partial charge on any atom is 0.259 e. The van der Waals surface area contributed by atoms with Gasteiger partial charge in [-0.2, -0.15) is 4.98 Å². The Balaban J connectivity index is 2.34. The summed E-state index contributed by atoms with van der Waals surface area (Å²) in [4.78, 5) is 4.28. The number of benzene rings is 1. The molecule has 1 unspecified atom stereocenters. The Kier molecular flexibility index (Phi) is 3.45.